The van der Waals surface area contributed by atoms with E-state index in [0.717, 1.165) is 3.57 Å². The Bertz CT molecular complexity index is 494. The van der Waals surface area contributed by atoms with Crippen LogP contribution in [0.5, 0.6) is 0 Å². The summed E-state index contributed by atoms with van der Waals surface area (Å²) in [6, 6.07) is 6.24. The number of hydrogen-bond donors (Lipinski definition) is 0. The lowest BCUT2D eigenvalue weighted by Crippen LogP contribution is -2.10. The number of ketones is 2. The van der Waals surface area contributed by atoms with Crippen LogP contribution in [-0.4, -0.2) is 11.6 Å². The summed E-state index contributed by atoms with van der Waals surface area (Å²) in [4.78, 5) is 22.5. The topological polar surface area (TPSA) is 57.9 Å². The minimum atomic E-state index is -0.446. The Kier molecular flexibility index (Phi) is 5.22. The van der Waals surface area contributed by atoms with E-state index in [1.165, 1.54) is 12.1 Å². The van der Waals surface area contributed by atoms with E-state index in [0.29, 0.717) is 0 Å². The average molecular weight is 345 g/mol. The third-order valence-corrected chi connectivity index (χ3v) is 2.74. The van der Waals surface area contributed by atoms with Gasteiger partial charge >= 0.3 is 0 Å². The molecule has 88 valence electrons. The molecule has 1 rings (SSSR count). The van der Waals surface area contributed by atoms with Crippen LogP contribution >= 0.6 is 22.6 Å². The molecular weight excluding hydrogens is 336 g/mol. The van der Waals surface area contributed by atoms with Crippen LogP contribution in [0.1, 0.15) is 18.4 Å². The summed E-state index contributed by atoms with van der Waals surface area (Å²) in [5.41, 5.74) is 0.278. The van der Waals surface area contributed by atoms with Gasteiger partial charge in [0.15, 0.2) is 5.78 Å². The zero-order valence-corrected chi connectivity index (χ0v) is 11.0. The second-order valence-electron chi connectivity index (χ2n) is 3.50. The summed E-state index contributed by atoms with van der Waals surface area (Å²) in [5.74, 6) is -1.24. The summed E-state index contributed by atoms with van der Waals surface area (Å²) >= 11 is 1.97. The van der Waals surface area contributed by atoms with Gasteiger partial charge in [-0.25, -0.2) is 4.39 Å². The lowest BCUT2D eigenvalue weighted by atomic mass is 10.0. The molecular formula is C12H9FINO2. The molecule has 3 nitrogen and oxygen atoms in total. The molecule has 17 heavy (non-hydrogen) atoms. The molecule has 0 bridgehead atoms. The Labute approximate surface area is 112 Å². The molecule has 0 amide bonds. The Morgan fingerprint density at radius 3 is 2.65 bits per heavy atom. The van der Waals surface area contributed by atoms with Crippen LogP contribution in [0.15, 0.2) is 18.2 Å². The van der Waals surface area contributed by atoms with Crippen molar-refractivity contribution in [1.29, 1.82) is 5.26 Å². The van der Waals surface area contributed by atoms with Gasteiger partial charge in [-0.3, -0.25) is 9.59 Å². The van der Waals surface area contributed by atoms with Crippen LogP contribution in [0.4, 0.5) is 4.39 Å². The minimum Gasteiger partial charge on any atom is -0.299 e. The van der Waals surface area contributed by atoms with Gasteiger partial charge in [0.25, 0.3) is 0 Å². The van der Waals surface area contributed by atoms with Gasteiger partial charge in [-0.05, 0) is 40.3 Å². The number of benzene rings is 1. The van der Waals surface area contributed by atoms with Gasteiger partial charge in [0.1, 0.15) is 11.6 Å². The van der Waals surface area contributed by atoms with Gasteiger partial charge in [-0.15, -0.1) is 0 Å². The number of halogens is 2. The molecule has 5 heteroatoms. The van der Waals surface area contributed by atoms with Crippen molar-refractivity contribution in [2.75, 3.05) is 0 Å². The average Bonchev–Trinajstić information content (AvgIpc) is 2.22. The molecule has 0 saturated carbocycles. The number of hydrogen-bond acceptors (Lipinski definition) is 3. The lowest BCUT2D eigenvalue weighted by molar-refractivity contribution is -0.126. The van der Waals surface area contributed by atoms with Crippen molar-refractivity contribution in [3.8, 4) is 6.07 Å². The van der Waals surface area contributed by atoms with E-state index in [1.807, 2.05) is 22.6 Å². The maximum atomic E-state index is 13.4. The minimum absolute atomic E-state index is 0.111. The van der Waals surface area contributed by atoms with E-state index >= 15 is 0 Å². The first-order valence-electron chi connectivity index (χ1n) is 4.87. The molecule has 0 fully saturated rings. The monoisotopic (exact) mass is 345 g/mol. The molecule has 0 aliphatic heterocycles. The smallest absolute Gasteiger partial charge is 0.154 e. The van der Waals surface area contributed by atoms with Crippen LogP contribution in [0.25, 0.3) is 0 Å². The molecule has 0 spiro atoms. The quantitative estimate of drug-likeness (QED) is 0.608. The summed E-state index contributed by atoms with van der Waals surface area (Å²) in [6.45, 7) is 0. The lowest BCUT2D eigenvalue weighted by Gasteiger charge is -2.02. The maximum Gasteiger partial charge on any atom is 0.154 e. The van der Waals surface area contributed by atoms with Gasteiger partial charge < -0.3 is 0 Å². The van der Waals surface area contributed by atoms with E-state index in [2.05, 4.69) is 0 Å². The number of Topliss-reactive ketones (excluding diaryl/α,β-unsaturated/α-hetero) is 2. The zero-order chi connectivity index (χ0) is 12.8. The zero-order valence-electron chi connectivity index (χ0n) is 8.87. The molecule has 0 N–H and O–H groups in total. The molecule has 0 aliphatic carbocycles. The van der Waals surface area contributed by atoms with Crippen LogP contribution in [0.2, 0.25) is 0 Å². The molecule has 0 saturated heterocycles. The molecule has 0 atom stereocenters. The molecule has 0 aromatic heterocycles. The SMILES string of the molecule is N#CCC(=O)CC(=O)Cc1ccc(I)cc1F. The highest BCUT2D eigenvalue weighted by molar-refractivity contribution is 14.1. The summed E-state index contributed by atoms with van der Waals surface area (Å²) in [6.07, 6.45) is -0.695. The first-order chi connectivity index (χ1) is 8.02. The van der Waals surface area contributed by atoms with Crippen LogP contribution in [0.3, 0.4) is 0 Å². The van der Waals surface area contributed by atoms with E-state index in [9.17, 15) is 14.0 Å². The van der Waals surface area contributed by atoms with E-state index in [1.54, 1.807) is 12.1 Å². The van der Waals surface area contributed by atoms with Gasteiger partial charge in [0.2, 0.25) is 0 Å². The largest absolute Gasteiger partial charge is 0.299 e. The molecule has 1 aromatic carbocycles. The van der Waals surface area contributed by atoms with Crippen molar-refractivity contribution in [3.05, 3.63) is 33.1 Å². The third kappa shape index (κ3) is 4.61. The molecule has 1 aromatic rings. The molecule has 0 radical (unpaired) electrons. The number of nitrogens with zero attached hydrogens (tertiary/aromatic N) is 1. The van der Waals surface area contributed by atoms with Crippen molar-refractivity contribution >= 4 is 34.2 Å². The first-order valence-corrected chi connectivity index (χ1v) is 5.95. The van der Waals surface area contributed by atoms with Gasteiger partial charge in [-0.1, -0.05) is 6.07 Å². The predicted molar refractivity (Wildman–Crippen MR) is 67.7 cm³/mol. The van der Waals surface area contributed by atoms with E-state index < -0.39 is 11.6 Å². The van der Waals surface area contributed by atoms with Crippen molar-refractivity contribution < 1.29 is 14.0 Å². The highest BCUT2D eigenvalue weighted by Gasteiger charge is 2.12. The maximum absolute atomic E-state index is 13.4. The number of carbonyl (C=O) groups is 2. The number of nitriles is 1. The normalized spacial score (nSPS) is 9.71. The van der Waals surface area contributed by atoms with E-state index in [-0.39, 0.29) is 30.6 Å². The first kappa shape index (κ1) is 13.8. The Morgan fingerprint density at radius 2 is 2.06 bits per heavy atom. The van der Waals surface area contributed by atoms with Crippen molar-refractivity contribution in [1.82, 2.24) is 0 Å². The fourth-order valence-corrected chi connectivity index (χ4v) is 1.76. The van der Waals surface area contributed by atoms with Gasteiger partial charge in [0, 0.05) is 9.99 Å². The van der Waals surface area contributed by atoms with Crippen LogP contribution in [-0.2, 0) is 16.0 Å². The Balaban J connectivity index is 2.63. The van der Waals surface area contributed by atoms with Crippen molar-refractivity contribution in [2.24, 2.45) is 0 Å². The second kappa shape index (κ2) is 6.45. The molecule has 0 heterocycles. The second-order valence-corrected chi connectivity index (χ2v) is 4.75. The van der Waals surface area contributed by atoms with Gasteiger partial charge in [0.05, 0.1) is 18.9 Å². The Hall–Kier alpha value is -1.29. The van der Waals surface area contributed by atoms with Crippen LogP contribution < -0.4 is 0 Å². The molecule has 0 unspecified atom stereocenters. The fraction of sp³-hybridized carbons (Fsp3) is 0.250. The highest BCUT2D eigenvalue weighted by Crippen LogP contribution is 2.13. The number of rotatable bonds is 5. The highest BCUT2D eigenvalue weighted by atomic mass is 127. The summed E-state index contributed by atoms with van der Waals surface area (Å²) < 4.78 is 14.1. The number of carbonyl (C=O) groups excluding carboxylic acids is 2. The summed E-state index contributed by atoms with van der Waals surface area (Å²) in [5, 5.41) is 8.27. The Morgan fingerprint density at radius 1 is 1.35 bits per heavy atom. The van der Waals surface area contributed by atoms with Crippen molar-refractivity contribution in [2.45, 2.75) is 19.3 Å². The third-order valence-electron chi connectivity index (χ3n) is 2.07. The fourth-order valence-electron chi connectivity index (χ4n) is 1.31. The van der Waals surface area contributed by atoms with Crippen LogP contribution in [0, 0.1) is 20.7 Å². The standard InChI is InChI=1S/C12H9FINO2/c13-12-6-9(14)2-1-8(12)5-11(17)7-10(16)3-4-15/h1-2,6H,3,5,7H2. The van der Waals surface area contributed by atoms with E-state index in [4.69, 9.17) is 5.26 Å². The summed E-state index contributed by atoms with van der Waals surface area (Å²) in [7, 11) is 0. The predicted octanol–water partition coefficient (Wildman–Crippen LogP) is 2.41. The molecule has 0 aliphatic rings. The van der Waals surface area contributed by atoms with Crippen molar-refractivity contribution in [3.63, 3.8) is 0 Å². The van der Waals surface area contributed by atoms with Gasteiger partial charge in [-0.2, -0.15) is 5.26 Å².